The molecule has 0 fully saturated rings. The number of hydrogen-bond donors (Lipinski definition) is 2. The van der Waals surface area contributed by atoms with E-state index in [2.05, 4.69) is 10.0 Å². The summed E-state index contributed by atoms with van der Waals surface area (Å²) in [6, 6.07) is 18.8. The van der Waals surface area contributed by atoms with Crippen molar-refractivity contribution in [3.63, 3.8) is 0 Å². The quantitative estimate of drug-likeness (QED) is 0.513. The van der Waals surface area contributed by atoms with Crippen molar-refractivity contribution >= 4 is 22.4 Å². The molecule has 0 saturated carbocycles. The number of rotatable bonds is 9. The molecule has 8 heteroatoms. The highest BCUT2D eigenvalue weighted by molar-refractivity contribution is 7.88. The normalized spacial score (nSPS) is 11.2. The van der Waals surface area contributed by atoms with E-state index in [4.69, 9.17) is 4.42 Å². The fourth-order valence-electron chi connectivity index (χ4n) is 2.59. The summed E-state index contributed by atoms with van der Waals surface area (Å²) in [5.74, 6) is 1.06. The minimum Gasteiger partial charge on any atom is -0.460 e. The van der Waals surface area contributed by atoms with Crippen LogP contribution in [0.4, 0.5) is 4.39 Å². The minimum atomic E-state index is -3.36. The summed E-state index contributed by atoms with van der Waals surface area (Å²) in [5.41, 5.74) is 1.55. The van der Waals surface area contributed by atoms with Crippen LogP contribution in [0, 0.1) is 5.82 Å². The van der Waals surface area contributed by atoms with Crippen LogP contribution < -0.4 is 10.0 Å². The van der Waals surface area contributed by atoms with E-state index in [9.17, 15) is 12.8 Å². The lowest BCUT2D eigenvalue weighted by atomic mass is 10.2. The number of halogens is 2. The van der Waals surface area contributed by atoms with Crippen molar-refractivity contribution in [2.24, 2.45) is 0 Å². The van der Waals surface area contributed by atoms with Gasteiger partial charge in [-0.3, -0.25) is 0 Å². The van der Waals surface area contributed by atoms with Crippen molar-refractivity contribution in [3.05, 3.63) is 83.9 Å². The van der Waals surface area contributed by atoms with Gasteiger partial charge in [0, 0.05) is 18.7 Å². The predicted octanol–water partition coefficient (Wildman–Crippen LogP) is 3.72. The molecule has 0 atom stereocenters. The molecule has 0 aliphatic heterocycles. The van der Waals surface area contributed by atoms with Gasteiger partial charge in [-0.1, -0.05) is 30.3 Å². The predicted molar refractivity (Wildman–Crippen MR) is 110 cm³/mol. The van der Waals surface area contributed by atoms with E-state index < -0.39 is 10.0 Å². The third kappa shape index (κ3) is 6.76. The van der Waals surface area contributed by atoms with Gasteiger partial charge < -0.3 is 9.73 Å². The van der Waals surface area contributed by atoms with E-state index in [0.717, 1.165) is 16.9 Å². The molecule has 0 unspecified atom stereocenters. The van der Waals surface area contributed by atoms with Gasteiger partial charge in [0.1, 0.15) is 17.3 Å². The van der Waals surface area contributed by atoms with Crippen LogP contribution in [0.3, 0.4) is 0 Å². The Bertz CT molecular complexity index is 961. The Balaban J connectivity index is 0.00000280. The van der Waals surface area contributed by atoms with Crippen molar-refractivity contribution in [1.82, 2.24) is 10.0 Å². The first-order valence-corrected chi connectivity index (χ1v) is 10.2. The lowest BCUT2D eigenvalue weighted by Crippen LogP contribution is -2.32. The zero-order valence-electron chi connectivity index (χ0n) is 15.1. The zero-order chi connectivity index (χ0) is 19.1. The van der Waals surface area contributed by atoms with E-state index in [-0.39, 0.29) is 24.0 Å². The molecule has 3 aromatic rings. The summed E-state index contributed by atoms with van der Waals surface area (Å²) >= 11 is 0. The van der Waals surface area contributed by atoms with Crippen LogP contribution in [0.1, 0.15) is 11.3 Å². The van der Waals surface area contributed by atoms with Gasteiger partial charge in [-0.05, 0) is 42.0 Å². The molecule has 0 aliphatic carbocycles. The van der Waals surface area contributed by atoms with Crippen LogP contribution in [0.2, 0.25) is 0 Å². The number of furan rings is 1. The Morgan fingerprint density at radius 3 is 2.32 bits per heavy atom. The lowest BCUT2D eigenvalue weighted by molar-refractivity contribution is 0.493. The van der Waals surface area contributed by atoms with E-state index in [1.165, 1.54) is 12.1 Å². The smallest absolute Gasteiger partial charge is 0.215 e. The van der Waals surface area contributed by atoms with Gasteiger partial charge in [-0.25, -0.2) is 17.5 Å². The van der Waals surface area contributed by atoms with E-state index >= 15 is 0 Å². The molecule has 0 radical (unpaired) electrons. The molecule has 2 aromatic carbocycles. The molecule has 1 heterocycles. The number of sulfonamides is 1. The van der Waals surface area contributed by atoms with Crippen molar-refractivity contribution in [2.45, 2.75) is 12.3 Å². The van der Waals surface area contributed by atoms with Crippen LogP contribution in [-0.4, -0.2) is 21.5 Å². The van der Waals surface area contributed by atoms with Crippen molar-refractivity contribution in [2.75, 3.05) is 13.1 Å². The van der Waals surface area contributed by atoms with Gasteiger partial charge in [-0.15, -0.1) is 12.4 Å². The van der Waals surface area contributed by atoms with Crippen LogP contribution in [0.25, 0.3) is 11.3 Å². The fourth-order valence-corrected chi connectivity index (χ4v) is 3.74. The summed E-state index contributed by atoms with van der Waals surface area (Å²) in [4.78, 5) is 0. The van der Waals surface area contributed by atoms with E-state index in [1.807, 2.05) is 30.3 Å². The maximum Gasteiger partial charge on any atom is 0.215 e. The SMILES string of the molecule is Cl.O=S(=O)(Cc1ccccc1)NCCNCc1ccc(-c2ccc(F)cc2)o1. The summed E-state index contributed by atoms with van der Waals surface area (Å²) in [5, 5.41) is 3.13. The summed E-state index contributed by atoms with van der Waals surface area (Å²) in [6.07, 6.45) is 0. The van der Waals surface area contributed by atoms with Gasteiger partial charge in [0.05, 0.1) is 12.3 Å². The van der Waals surface area contributed by atoms with E-state index in [1.54, 1.807) is 24.3 Å². The Hall–Kier alpha value is -2.19. The second kappa shape index (κ2) is 10.4. The minimum absolute atomic E-state index is 0. The maximum atomic E-state index is 13.0. The molecule has 28 heavy (non-hydrogen) atoms. The zero-order valence-corrected chi connectivity index (χ0v) is 16.7. The molecule has 2 N–H and O–H groups in total. The second-order valence-electron chi connectivity index (χ2n) is 6.09. The first-order valence-electron chi connectivity index (χ1n) is 8.58. The van der Waals surface area contributed by atoms with Crippen LogP contribution >= 0.6 is 12.4 Å². The number of nitrogens with one attached hydrogen (secondary N) is 2. The molecule has 1 aromatic heterocycles. The molecular formula is C20H22ClFN2O3S. The van der Waals surface area contributed by atoms with Crippen LogP contribution in [-0.2, 0) is 22.3 Å². The molecule has 0 saturated heterocycles. The van der Waals surface area contributed by atoms with Crippen LogP contribution in [0.15, 0.2) is 71.1 Å². The van der Waals surface area contributed by atoms with Crippen molar-refractivity contribution in [1.29, 1.82) is 0 Å². The largest absolute Gasteiger partial charge is 0.460 e. The standard InChI is InChI=1S/C20H21FN2O3S.ClH/c21-18-8-6-17(7-9-18)20-11-10-19(26-20)14-22-12-13-23-27(24,25)15-16-4-2-1-3-5-16;/h1-11,22-23H,12-15H2;1H. The average Bonchev–Trinajstić information content (AvgIpc) is 3.11. The highest BCUT2D eigenvalue weighted by atomic mass is 35.5. The third-order valence-electron chi connectivity index (χ3n) is 3.91. The Morgan fingerprint density at radius 2 is 1.61 bits per heavy atom. The first-order chi connectivity index (χ1) is 13.0. The molecule has 3 rings (SSSR count). The van der Waals surface area contributed by atoms with Crippen LogP contribution in [0.5, 0.6) is 0 Å². The highest BCUT2D eigenvalue weighted by Crippen LogP contribution is 2.22. The summed E-state index contributed by atoms with van der Waals surface area (Å²) in [6.45, 7) is 1.24. The second-order valence-corrected chi connectivity index (χ2v) is 7.90. The maximum absolute atomic E-state index is 13.0. The highest BCUT2D eigenvalue weighted by Gasteiger charge is 2.10. The van der Waals surface area contributed by atoms with Crippen molar-refractivity contribution < 1.29 is 17.2 Å². The van der Waals surface area contributed by atoms with Gasteiger partial charge in [0.15, 0.2) is 0 Å². The fraction of sp³-hybridized carbons (Fsp3) is 0.200. The van der Waals surface area contributed by atoms with Gasteiger partial charge in [0.2, 0.25) is 10.0 Å². The molecule has 0 aliphatic rings. The lowest BCUT2D eigenvalue weighted by Gasteiger charge is -2.07. The summed E-state index contributed by atoms with van der Waals surface area (Å²) < 4.78 is 45.3. The molecule has 0 bridgehead atoms. The Morgan fingerprint density at radius 1 is 0.893 bits per heavy atom. The molecule has 150 valence electrons. The Kier molecular flexibility index (Phi) is 8.19. The van der Waals surface area contributed by atoms with E-state index in [0.29, 0.717) is 25.4 Å². The third-order valence-corrected chi connectivity index (χ3v) is 5.27. The van der Waals surface area contributed by atoms with Gasteiger partial charge >= 0.3 is 0 Å². The molecule has 5 nitrogen and oxygen atoms in total. The first kappa shape index (κ1) is 22.1. The van der Waals surface area contributed by atoms with Crippen molar-refractivity contribution in [3.8, 4) is 11.3 Å². The Labute approximate surface area is 170 Å². The molecule has 0 amide bonds. The van der Waals surface area contributed by atoms with Gasteiger partial charge in [-0.2, -0.15) is 0 Å². The topological polar surface area (TPSA) is 71.3 Å². The molecule has 0 spiro atoms. The molecular weight excluding hydrogens is 403 g/mol. The van der Waals surface area contributed by atoms with Gasteiger partial charge in [0.25, 0.3) is 0 Å². The number of hydrogen-bond acceptors (Lipinski definition) is 4. The number of benzene rings is 2. The monoisotopic (exact) mass is 424 g/mol. The average molecular weight is 425 g/mol. The summed E-state index contributed by atoms with van der Waals surface area (Å²) in [7, 11) is -3.36.